The van der Waals surface area contributed by atoms with Gasteiger partial charge in [-0.3, -0.25) is 4.98 Å². The summed E-state index contributed by atoms with van der Waals surface area (Å²) in [6.07, 6.45) is 1.58. The Kier molecular flexibility index (Phi) is 3.47. The van der Waals surface area contributed by atoms with Crippen LogP contribution in [0.5, 0.6) is 0 Å². The highest BCUT2D eigenvalue weighted by molar-refractivity contribution is 6.33. The van der Waals surface area contributed by atoms with Crippen molar-refractivity contribution in [2.45, 2.75) is 6.92 Å². The Balaban J connectivity index is 2.17. The van der Waals surface area contributed by atoms with Gasteiger partial charge in [0.15, 0.2) is 0 Å². The van der Waals surface area contributed by atoms with Gasteiger partial charge in [0.05, 0.1) is 27.5 Å². The number of hydrogen-bond donors (Lipinski definition) is 1. The van der Waals surface area contributed by atoms with E-state index in [1.807, 2.05) is 49.4 Å². The van der Waals surface area contributed by atoms with E-state index in [2.05, 4.69) is 16.4 Å². The molecule has 0 fully saturated rings. The van der Waals surface area contributed by atoms with Gasteiger partial charge < -0.3 is 5.32 Å². The van der Waals surface area contributed by atoms with Gasteiger partial charge in [-0.05, 0) is 30.7 Å². The molecule has 0 atom stereocenters. The minimum absolute atomic E-state index is 0.491. The number of pyridine rings is 1. The maximum absolute atomic E-state index is 9.31. The van der Waals surface area contributed by atoms with Crippen LogP contribution in [-0.2, 0) is 0 Å². The first-order valence-corrected chi connectivity index (χ1v) is 6.88. The molecule has 0 aliphatic heterocycles. The molecule has 3 aromatic rings. The summed E-state index contributed by atoms with van der Waals surface area (Å²) in [6.45, 7) is 1.98. The van der Waals surface area contributed by atoms with Gasteiger partial charge in [-0.1, -0.05) is 35.9 Å². The molecule has 1 heterocycles. The van der Waals surface area contributed by atoms with E-state index in [4.69, 9.17) is 11.6 Å². The van der Waals surface area contributed by atoms with Crippen molar-refractivity contribution in [3.05, 3.63) is 64.8 Å². The molecule has 0 bridgehead atoms. The summed E-state index contributed by atoms with van der Waals surface area (Å²) in [5, 5.41) is 14.1. The molecule has 0 aliphatic rings. The van der Waals surface area contributed by atoms with Crippen molar-refractivity contribution < 1.29 is 0 Å². The zero-order chi connectivity index (χ0) is 14.8. The van der Waals surface area contributed by atoms with Crippen LogP contribution >= 0.6 is 11.6 Å². The number of rotatable bonds is 2. The monoisotopic (exact) mass is 293 g/mol. The fourth-order valence-electron chi connectivity index (χ4n) is 2.22. The summed E-state index contributed by atoms with van der Waals surface area (Å²) >= 11 is 6.27. The standard InChI is InChI=1S/C17H12ClN3/c1-11-6-7-16(14(18)8-11)21-17-12(9-19)10-20-15-5-3-2-4-13(15)17/h2-8,10H,1H3,(H,20,21). The van der Waals surface area contributed by atoms with Crippen LogP contribution in [-0.4, -0.2) is 4.98 Å². The van der Waals surface area contributed by atoms with Crippen LogP contribution in [0.1, 0.15) is 11.1 Å². The van der Waals surface area contributed by atoms with E-state index in [-0.39, 0.29) is 0 Å². The molecule has 0 aliphatic carbocycles. The van der Waals surface area contributed by atoms with Crippen molar-refractivity contribution in [2.24, 2.45) is 0 Å². The number of benzene rings is 2. The fraction of sp³-hybridized carbons (Fsp3) is 0.0588. The highest BCUT2D eigenvalue weighted by atomic mass is 35.5. The summed E-state index contributed by atoms with van der Waals surface area (Å²) in [6, 6.07) is 15.6. The first-order chi connectivity index (χ1) is 10.2. The van der Waals surface area contributed by atoms with Crippen molar-refractivity contribution in [3.8, 4) is 6.07 Å². The number of aromatic nitrogens is 1. The van der Waals surface area contributed by atoms with Crippen LogP contribution in [0.4, 0.5) is 11.4 Å². The second-order valence-electron chi connectivity index (χ2n) is 4.78. The highest BCUT2D eigenvalue weighted by Crippen LogP contribution is 2.32. The SMILES string of the molecule is Cc1ccc(Nc2c(C#N)cnc3ccccc23)c(Cl)c1. The minimum atomic E-state index is 0.491. The predicted octanol–water partition coefficient (Wildman–Crippen LogP) is 4.81. The molecular weight excluding hydrogens is 282 g/mol. The Hall–Kier alpha value is -2.57. The summed E-state index contributed by atoms with van der Waals surface area (Å²) in [7, 11) is 0. The molecular formula is C17H12ClN3. The molecule has 0 unspecified atom stereocenters. The van der Waals surface area contributed by atoms with Crippen LogP contribution in [0, 0.1) is 18.3 Å². The Morgan fingerprint density at radius 3 is 2.76 bits per heavy atom. The number of nitrogens with zero attached hydrogens (tertiary/aromatic N) is 2. The molecule has 3 rings (SSSR count). The van der Waals surface area contributed by atoms with Gasteiger partial charge in [0, 0.05) is 11.6 Å². The molecule has 4 heteroatoms. The van der Waals surface area contributed by atoms with Gasteiger partial charge in [0.2, 0.25) is 0 Å². The van der Waals surface area contributed by atoms with E-state index in [0.717, 1.165) is 27.8 Å². The maximum atomic E-state index is 9.31. The predicted molar refractivity (Wildman–Crippen MR) is 85.9 cm³/mol. The van der Waals surface area contributed by atoms with Gasteiger partial charge in [0.25, 0.3) is 0 Å². The lowest BCUT2D eigenvalue weighted by Gasteiger charge is -2.13. The quantitative estimate of drug-likeness (QED) is 0.737. The third-order valence-electron chi connectivity index (χ3n) is 3.28. The topological polar surface area (TPSA) is 48.7 Å². The zero-order valence-electron chi connectivity index (χ0n) is 11.4. The molecule has 0 spiro atoms. The summed E-state index contributed by atoms with van der Waals surface area (Å²) in [5.41, 5.74) is 3.92. The van der Waals surface area contributed by atoms with Crippen molar-refractivity contribution in [1.82, 2.24) is 4.98 Å². The van der Waals surface area contributed by atoms with Gasteiger partial charge in [-0.25, -0.2) is 0 Å². The molecule has 0 saturated heterocycles. The Bertz CT molecular complexity index is 866. The smallest absolute Gasteiger partial charge is 0.103 e. The molecule has 0 radical (unpaired) electrons. The van der Waals surface area contributed by atoms with Crippen LogP contribution in [0.2, 0.25) is 5.02 Å². The minimum Gasteiger partial charge on any atom is -0.353 e. The first kappa shape index (κ1) is 13.4. The molecule has 0 amide bonds. The Morgan fingerprint density at radius 2 is 2.00 bits per heavy atom. The number of anilines is 2. The highest BCUT2D eigenvalue weighted by Gasteiger charge is 2.10. The van der Waals surface area contributed by atoms with E-state index >= 15 is 0 Å². The van der Waals surface area contributed by atoms with E-state index in [9.17, 15) is 5.26 Å². The van der Waals surface area contributed by atoms with E-state index in [1.54, 1.807) is 6.20 Å². The fourth-order valence-corrected chi connectivity index (χ4v) is 2.50. The van der Waals surface area contributed by atoms with E-state index < -0.39 is 0 Å². The molecule has 0 saturated carbocycles. The molecule has 102 valence electrons. The van der Waals surface area contributed by atoms with Gasteiger partial charge >= 0.3 is 0 Å². The maximum Gasteiger partial charge on any atom is 0.103 e. The van der Waals surface area contributed by atoms with Crippen molar-refractivity contribution in [3.63, 3.8) is 0 Å². The summed E-state index contributed by atoms with van der Waals surface area (Å²) in [4.78, 5) is 4.30. The number of para-hydroxylation sites is 1. The van der Waals surface area contributed by atoms with Crippen molar-refractivity contribution in [2.75, 3.05) is 5.32 Å². The third-order valence-corrected chi connectivity index (χ3v) is 3.59. The van der Waals surface area contributed by atoms with Crippen LogP contribution in [0.3, 0.4) is 0 Å². The van der Waals surface area contributed by atoms with Gasteiger partial charge in [-0.2, -0.15) is 5.26 Å². The molecule has 21 heavy (non-hydrogen) atoms. The summed E-state index contributed by atoms with van der Waals surface area (Å²) in [5.74, 6) is 0. The lowest BCUT2D eigenvalue weighted by molar-refractivity contribution is 1.36. The van der Waals surface area contributed by atoms with Crippen molar-refractivity contribution in [1.29, 1.82) is 5.26 Å². The zero-order valence-corrected chi connectivity index (χ0v) is 12.1. The largest absolute Gasteiger partial charge is 0.353 e. The lowest BCUT2D eigenvalue weighted by Crippen LogP contribution is -1.97. The Morgan fingerprint density at radius 1 is 1.19 bits per heavy atom. The van der Waals surface area contributed by atoms with Gasteiger partial charge in [-0.15, -0.1) is 0 Å². The van der Waals surface area contributed by atoms with Crippen LogP contribution in [0.15, 0.2) is 48.7 Å². The average Bonchev–Trinajstić information content (AvgIpc) is 2.50. The number of hydrogen-bond acceptors (Lipinski definition) is 3. The second kappa shape index (κ2) is 5.43. The van der Waals surface area contributed by atoms with E-state index in [0.29, 0.717) is 10.6 Å². The normalized spacial score (nSPS) is 10.3. The lowest BCUT2D eigenvalue weighted by atomic mass is 10.1. The third kappa shape index (κ3) is 2.54. The molecule has 1 aromatic heterocycles. The van der Waals surface area contributed by atoms with Gasteiger partial charge in [0.1, 0.15) is 6.07 Å². The number of halogens is 1. The summed E-state index contributed by atoms with van der Waals surface area (Å²) < 4.78 is 0. The number of fused-ring (bicyclic) bond motifs is 1. The average molecular weight is 294 g/mol. The van der Waals surface area contributed by atoms with Crippen molar-refractivity contribution >= 4 is 33.9 Å². The second-order valence-corrected chi connectivity index (χ2v) is 5.19. The number of aryl methyl sites for hydroxylation is 1. The first-order valence-electron chi connectivity index (χ1n) is 6.50. The Labute approximate surface area is 127 Å². The number of nitriles is 1. The molecule has 3 nitrogen and oxygen atoms in total. The van der Waals surface area contributed by atoms with Crippen LogP contribution in [0.25, 0.3) is 10.9 Å². The molecule has 2 aromatic carbocycles. The van der Waals surface area contributed by atoms with E-state index in [1.165, 1.54) is 0 Å². The number of nitrogens with one attached hydrogen (secondary N) is 1. The molecule has 1 N–H and O–H groups in total. The van der Waals surface area contributed by atoms with Crippen LogP contribution < -0.4 is 5.32 Å².